The number of esters is 2. The van der Waals surface area contributed by atoms with Crippen LogP contribution in [0.25, 0.3) is 0 Å². The molecule has 0 aliphatic carbocycles. The Morgan fingerprint density at radius 1 is 1.03 bits per heavy atom. The maximum Gasteiger partial charge on any atom is 0.323 e. The van der Waals surface area contributed by atoms with Crippen molar-refractivity contribution >= 4 is 11.9 Å². The van der Waals surface area contributed by atoms with Crippen molar-refractivity contribution in [2.24, 2.45) is 0 Å². The first-order valence-corrected chi connectivity index (χ1v) is 12.8. The summed E-state index contributed by atoms with van der Waals surface area (Å²) < 4.78 is 11.3. The minimum absolute atomic E-state index is 0.158. The van der Waals surface area contributed by atoms with Crippen LogP contribution in [0, 0.1) is 6.92 Å². The predicted octanol–water partition coefficient (Wildman–Crippen LogP) is 7.18. The van der Waals surface area contributed by atoms with Crippen LogP contribution in [0.15, 0.2) is 36.4 Å². The average Bonchev–Trinajstić information content (AvgIpc) is 3.11. The van der Waals surface area contributed by atoms with Crippen LogP contribution in [0.2, 0.25) is 0 Å². The molecular formula is C30H40O4. The Balaban J connectivity index is 1.71. The van der Waals surface area contributed by atoms with Gasteiger partial charge in [-0.15, -0.1) is 0 Å². The molecule has 4 heteroatoms. The molecule has 0 N–H and O–H groups in total. The molecule has 4 nitrogen and oxygen atoms in total. The molecule has 184 valence electrons. The molecular weight excluding hydrogens is 424 g/mol. The lowest BCUT2D eigenvalue weighted by Gasteiger charge is -2.23. The Kier molecular flexibility index (Phi) is 8.93. The zero-order valence-corrected chi connectivity index (χ0v) is 21.5. The largest absolute Gasteiger partial charge is 0.466 e. The number of hydrogen-bond donors (Lipinski definition) is 0. The molecule has 2 aromatic rings. The predicted molar refractivity (Wildman–Crippen MR) is 136 cm³/mol. The second-order valence-electron chi connectivity index (χ2n) is 10.6. The molecule has 3 rings (SSSR count). The third kappa shape index (κ3) is 6.71. The summed E-state index contributed by atoms with van der Waals surface area (Å²) in [5.74, 6) is -0.149. The highest BCUT2D eigenvalue weighted by Gasteiger charge is 2.38. The summed E-state index contributed by atoms with van der Waals surface area (Å²) in [7, 11) is 0. The fourth-order valence-electron chi connectivity index (χ4n) is 4.58. The fourth-order valence-corrected chi connectivity index (χ4v) is 4.58. The van der Waals surface area contributed by atoms with E-state index in [0.717, 1.165) is 40.7 Å². The third-order valence-electron chi connectivity index (χ3n) is 6.49. The van der Waals surface area contributed by atoms with E-state index >= 15 is 0 Å². The van der Waals surface area contributed by atoms with Gasteiger partial charge in [0.15, 0.2) is 0 Å². The number of benzene rings is 2. The summed E-state index contributed by atoms with van der Waals surface area (Å²) in [6.45, 7) is 11.1. The molecule has 2 aromatic carbocycles. The van der Waals surface area contributed by atoms with E-state index in [1.54, 1.807) is 0 Å². The number of hydrogen-bond acceptors (Lipinski definition) is 4. The Labute approximate surface area is 205 Å². The molecule has 1 unspecified atom stereocenters. The number of rotatable bonds is 11. The number of carbonyl (C=O) groups excluding carboxylic acids is 2. The van der Waals surface area contributed by atoms with Gasteiger partial charge in [-0.05, 0) is 36.3 Å². The number of fused-ring (bicyclic) bond motifs is 1. The Hall–Kier alpha value is -2.62. The minimum Gasteiger partial charge on any atom is -0.466 e. The van der Waals surface area contributed by atoms with Gasteiger partial charge in [0.25, 0.3) is 0 Å². The molecule has 1 atom stereocenters. The zero-order valence-electron chi connectivity index (χ0n) is 21.5. The van der Waals surface area contributed by atoms with E-state index in [-0.39, 0.29) is 17.4 Å². The highest BCUT2D eigenvalue weighted by molar-refractivity contribution is 5.90. The van der Waals surface area contributed by atoms with E-state index in [1.165, 1.54) is 25.7 Å². The number of unbranched alkanes of at least 4 members (excludes halogenated alkanes) is 5. The van der Waals surface area contributed by atoms with Crippen LogP contribution >= 0.6 is 0 Å². The SMILES string of the molecule is CCCCCCCCOC(=O)CCc1cc2c(c(C(C)(C)C)c1)OC(=O)C2c1cccc(C)c1. The topological polar surface area (TPSA) is 52.6 Å². The molecule has 0 aromatic heterocycles. The normalized spacial score (nSPS) is 15.2. The van der Waals surface area contributed by atoms with E-state index in [1.807, 2.05) is 37.3 Å². The molecule has 0 radical (unpaired) electrons. The first kappa shape index (κ1) is 26.0. The maximum absolute atomic E-state index is 12.9. The lowest BCUT2D eigenvalue weighted by atomic mass is 9.81. The molecule has 34 heavy (non-hydrogen) atoms. The van der Waals surface area contributed by atoms with Gasteiger partial charge < -0.3 is 9.47 Å². The number of ether oxygens (including phenoxy) is 2. The molecule has 0 spiro atoms. The summed E-state index contributed by atoms with van der Waals surface area (Å²) in [5.41, 5.74) is 4.80. The molecule has 0 amide bonds. The molecule has 1 heterocycles. The number of carbonyl (C=O) groups is 2. The van der Waals surface area contributed by atoms with Crippen LogP contribution in [-0.2, 0) is 26.2 Å². The van der Waals surface area contributed by atoms with Crippen molar-refractivity contribution in [2.45, 2.75) is 97.3 Å². The van der Waals surface area contributed by atoms with Crippen LogP contribution < -0.4 is 4.74 Å². The van der Waals surface area contributed by atoms with Gasteiger partial charge in [0.1, 0.15) is 11.7 Å². The van der Waals surface area contributed by atoms with Crippen LogP contribution in [0.4, 0.5) is 0 Å². The van der Waals surface area contributed by atoms with E-state index < -0.39 is 5.92 Å². The smallest absolute Gasteiger partial charge is 0.323 e. The van der Waals surface area contributed by atoms with Crippen molar-refractivity contribution in [1.82, 2.24) is 0 Å². The molecule has 0 bridgehead atoms. The van der Waals surface area contributed by atoms with Crippen molar-refractivity contribution in [3.05, 3.63) is 64.2 Å². The van der Waals surface area contributed by atoms with Crippen LogP contribution in [0.5, 0.6) is 5.75 Å². The standard InChI is InChI=1S/C30H40O4/c1-6-7-8-9-10-11-17-33-26(31)16-15-22-19-24-27(23-14-12-13-21(2)18-23)29(32)34-28(24)25(20-22)30(3,4)5/h12-14,18-20,27H,6-11,15-17H2,1-5H3. The first-order chi connectivity index (χ1) is 16.2. The monoisotopic (exact) mass is 464 g/mol. The van der Waals surface area contributed by atoms with E-state index in [2.05, 4.69) is 33.8 Å². The molecule has 0 saturated heterocycles. The first-order valence-electron chi connectivity index (χ1n) is 12.8. The van der Waals surface area contributed by atoms with Crippen LogP contribution in [0.1, 0.15) is 106 Å². The van der Waals surface area contributed by atoms with E-state index in [9.17, 15) is 9.59 Å². The molecule has 0 saturated carbocycles. The maximum atomic E-state index is 12.9. The lowest BCUT2D eigenvalue weighted by Crippen LogP contribution is -2.14. The van der Waals surface area contributed by atoms with E-state index in [4.69, 9.17) is 9.47 Å². The molecule has 1 aliphatic heterocycles. The Bertz CT molecular complexity index is 999. The zero-order chi connectivity index (χ0) is 24.7. The van der Waals surface area contributed by atoms with Crippen molar-refractivity contribution < 1.29 is 19.1 Å². The average molecular weight is 465 g/mol. The van der Waals surface area contributed by atoms with E-state index in [0.29, 0.717) is 25.2 Å². The quantitative estimate of drug-likeness (QED) is 0.201. The molecule has 0 fully saturated rings. The van der Waals surface area contributed by atoms with Crippen LogP contribution in [-0.4, -0.2) is 18.5 Å². The second kappa shape index (κ2) is 11.7. The van der Waals surface area contributed by atoms with Gasteiger partial charge in [0.2, 0.25) is 0 Å². The van der Waals surface area contributed by atoms with Gasteiger partial charge in [-0.1, -0.05) is 102 Å². The minimum atomic E-state index is -0.435. The molecule has 1 aliphatic rings. The highest BCUT2D eigenvalue weighted by Crippen LogP contribution is 2.46. The van der Waals surface area contributed by atoms with Crippen molar-refractivity contribution in [3.8, 4) is 5.75 Å². The van der Waals surface area contributed by atoms with Crippen molar-refractivity contribution in [2.75, 3.05) is 6.61 Å². The van der Waals surface area contributed by atoms with Gasteiger partial charge in [-0.3, -0.25) is 9.59 Å². The van der Waals surface area contributed by atoms with Gasteiger partial charge >= 0.3 is 11.9 Å². The van der Waals surface area contributed by atoms with Gasteiger partial charge in [-0.25, -0.2) is 0 Å². The van der Waals surface area contributed by atoms with Crippen molar-refractivity contribution in [1.29, 1.82) is 0 Å². The van der Waals surface area contributed by atoms with Gasteiger partial charge in [0, 0.05) is 17.5 Å². The Morgan fingerprint density at radius 3 is 2.47 bits per heavy atom. The summed E-state index contributed by atoms with van der Waals surface area (Å²) in [6.07, 6.45) is 7.94. The lowest BCUT2D eigenvalue weighted by molar-refractivity contribution is -0.143. The second-order valence-corrected chi connectivity index (χ2v) is 10.6. The highest BCUT2D eigenvalue weighted by atomic mass is 16.5. The summed E-state index contributed by atoms with van der Waals surface area (Å²) in [4.78, 5) is 25.3. The summed E-state index contributed by atoms with van der Waals surface area (Å²) in [5, 5.41) is 0. The summed E-state index contributed by atoms with van der Waals surface area (Å²) >= 11 is 0. The van der Waals surface area contributed by atoms with Crippen molar-refractivity contribution in [3.63, 3.8) is 0 Å². The fraction of sp³-hybridized carbons (Fsp3) is 0.533. The Morgan fingerprint density at radius 2 is 1.76 bits per heavy atom. The van der Waals surface area contributed by atoms with Gasteiger partial charge in [0.05, 0.1) is 6.61 Å². The number of aryl methyl sites for hydroxylation is 2. The summed E-state index contributed by atoms with van der Waals surface area (Å²) in [6, 6.07) is 12.2. The van der Waals surface area contributed by atoms with Gasteiger partial charge in [-0.2, -0.15) is 0 Å². The van der Waals surface area contributed by atoms with Crippen LogP contribution in [0.3, 0.4) is 0 Å². The third-order valence-corrected chi connectivity index (χ3v) is 6.49.